The third-order valence-electron chi connectivity index (χ3n) is 2.42. The molecule has 3 N–H and O–H groups in total. The van der Waals surface area contributed by atoms with Crippen molar-refractivity contribution in [1.82, 2.24) is 16.0 Å². The molecule has 0 aromatic heterocycles. The quantitative estimate of drug-likeness (QED) is 0.697. The van der Waals surface area contributed by atoms with Gasteiger partial charge in [-0.25, -0.2) is 0 Å². The van der Waals surface area contributed by atoms with E-state index in [1.165, 1.54) is 45.6 Å². The summed E-state index contributed by atoms with van der Waals surface area (Å²) in [4.78, 5) is 4.98. The van der Waals surface area contributed by atoms with E-state index in [1.54, 1.807) is 0 Å². The molecule has 1 fully saturated rings. The van der Waals surface area contributed by atoms with Gasteiger partial charge in [-0.2, -0.15) is 0 Å². The highest BCUT2D eigenvalue weighted by Gasteiger charge is 2.11. The van der Waals surface area contributed by atoms with Gasteiger partial charge >= 0.3 is 0 Å². The van der Waals surface area contributed by atoms with Crippen molar-refractivity contribution in [2.45, 2.75) is 19.8 Å². The average molecular weight is 173 g/mol. The summed E-state index contributed by atoms with van der Waals surface area (Å²) in [5, 5.41) is 0. The summed E-state index contributed by atoms with van der Waals surface area (Å²) in [6.45, 7) is 8.63. The average Bonchev–Trinajstić information content (AvgIpc) is 2.04. The van der Waals surface area contributed by atoms with Crippen molar-refractivity contribution in [2.24, 2.45) is 0 Å². The Kier molecular flexibility index (Phi) is 6.34. The minimum atomic E-state index is 0. The lowest BCUT2D eigenvalue weighted by molar-refractivity contribution is 0.152. The normalized spacial score (nSPS) is 20.5. The van der Waals surface area contributed by atoms with Crippen LogP contribution in [-0.4, -0.2) is 49.6 Å². The zero-order valence-electron chi connectivity index (χ0n) is 8.55. The minimum absolute atomic E-state index is 0. The van der Waals surface area contributed by atoms with Crippen LogP contribution < -0.4 is 6.15 Å². The smallest absolute Gasteiger partial charge is 0.0110 e. The van der Waals surface area contributed by atoms with Gasteiger partial charge in [-0.1, -0.05) is 13.3 Å². The fourth-order valence-electron chi connectivity index (χ4n) is 1.45. The van der Waals surface area contributed by atoms with Crippen molar-refractivity contribution in [3.8, 4) is 0 Å². The second-order valence-corrected chi connectivity index (χ2v) is 3.50. The van der Waals surface area contributed by atoms with E-state index < -0.39 is 0 Å². The van der Waals surface area contributed by atoms with Crippen LogP contribution in [0.15, 0.2) is 0 Å². The van der Waals surface area contributed by atoms with E-state index in [4.69, 9.17) is 0 Å². The highest BCUT2D eigenvalue weighted by Crippen LogP contribution is 2.00. The van der Waals surface area contributed by atoms with Crippen LogP contribution in [0.3, 0.4) is 0 Å². The number of unbranched alkanes of at least 4 members (excludes halogenated alkanes) is 1. The van der Waals surface area contributed by atoms with Gasteiger partial charge in [-0.15, -0.1) is 0 Å². The second kappa shape index (κ2) is 6.40. The third kappa shape index (κ3) is 4.04. The molecule has 0 amide bonds. The molecule has 0 aromatic rings. The van der Waals surface area contributed by atoms with Gasteiger partial charge in [0, 0.05) is 26.2 Å². The fraction of sp³-hybridized carbons (Fsp3) is 1.00. The summed E-state index contributed by atoms with van der Waals surface area (Å²) in [5.41, 5.74) is 0. The van der Waals surface area contributed by atoms with Gasteiger partial charge in [0.2, 0.25) is 0 Å². The molecule has 0 aromatic carbocycles. The Morgan fingerprint density at radius 2 is 1.67 bits per heavy atom. The Labute approximate surface area is 76.3 Å². The van der Waals surface area contributed by atoms with Gasteiger partial charge in [0.05, 0.1) is 0 Å². The lowest BCUT2D eigenvalue weighted by Crippen LogP contribution is -2.44. The van der Waals surface area contributed by atoms with E-state index in [9.17, 15) is 0 Å². The molecular weight excluding hydrogens is 150 g/mol. The molecular formula is C9H23N3. The molecule has 0 bridgehead atoms. The molecule has 74 valence electrons. The predicted molar refractivity (Wildman–Crippen MR) is 53.9 cm³/mol. The minimum Gasteiger partial charge on any atom is -0.344 e. The monoisotopic (exact) mass is 173 g/mol. The van der Waals surface area contributed by atoms with Gasteiger partial charge in [-0.3, -0.25) is 0 Å². The molecule has 1 aliphatic rings. The van der Waals surface area contributed by atoms with E-state index in [-0.39, 0.29) is 6.15 Å². The van der Waals surface area contributed by atoms with Gasteiger partial charge < -0.3 is 16.0 Å². The number of hydrogen-bond acceptors (Lipinski definition) is 3. The fourth-order valence-corrected chi connectivity index (χ4v) is 1.45. The van der Waals surface area contributed by atoms with Crippen LogP contribution in [0.25, 0.3) is 0 Å². The van der Waals surface area contributed by atoms with Crippen molar-refractivity contribution in [3.63, 3.8) is 0 Å². The largest absolute Gasteiger partial charge is 0.344 e. The first-order valence-corrected chi connectivity index (χ1v) is 4.74. The van der Waals surface area contributed by atoms with E-state index in [0.717, 1.165) is 0 Å². The van der Waals surface area contributed by atoms with Crippen LogP contribution >= 0.6 is 0 Å². The van der Waals surface area contributed by atoms with Crippen molar-refractivity contribution >= 4 is 0 Å². The SMILES string of the molecule is CCCCN1CCN(C)CC1.N. The van der Waals surface area contributed by atoms with Gasteiger partial charge in [-0.05, 0) is 20.0 Å². The molecule has 12 heavy (non-hydrogen) atoms. The number of piperazine rings is 1. The first-order chi connectivity index (χ1) is 5.33. The molecule has 1 aliphatic heterocycles. The summed E-state index contributed by atoms with van der Waals surface area (Å²) in [7, 11) is 2.21. The standard InChI is InChI=1S/C9H20N2.H3N/c1-3-4-5-11-8-6-10(2)7-9-11;/h3-9H2,1-2H3;1H3. The molecule has 0 saturated carbocycles. The Bertz CT molecular complexity index is 95.2. The van der Waals surface area contributed by atoms with Crippen LogP contribution in [0.2, 0.25) is 0 Å². The third-order valence-corrected chi connectivity index (χ3v) is 2.42. The van der Waals surface area contributed by atoms with Crippen LogP contribution in [0.1, 0.15) is 19.8 Å². The summed E-state index contributed by atoms with van der Waals surface area (Å²) in [6.07, 6.45) is 2.69. The zero-order chi connectivity index (χ0) is 8.10. The lowest BCUT2D eigenvalue weighted by atomic mass is 10.3. The molecule has 3 heteroatoms. The highest BCUT2D eigenvalue weighted by atomic mass is 15.2. The molecule has 1 heterocycles. The maximum atomic E-state index is 2.57. The van der Waals surface area contributed by atoms with Crippen molar-refractivity contribution in [1.29, 1.82) is 0 Å². The van der Waals surface area contributed by atoms with Crippen LogP contribution in [-0.2, 0) is 0 Å². The predicted octanol–water partition coefficient (Wildman–Crippen LogP) is 1.20. The second-order valence-electron chi connectivity index (χ2n) is 3.50. The Morgan fingerprint density at radius 1 is 1.08 bits per heavy atom. The molecule has 1 saturated heterocycles. The first kappa shape index (κ1) is 11.9. The van der Waals surface area contributed by atoms with E-state index in [0.29, 0.717) is 0 Å². The summed E-state index contributed by atoms with van der Waals surface area (Å²) in [6, 6.07) is 0. The van der Waals surface area contributed by atoms with Gasteiger partial charge in [0.1, 0.15) is 0 Å². The van der Waals surface area contributed by atoms with Crippen molar-refractivity contribution in [2.75, 3.05) is 39.8 Å². The number of hydrogen-bond donors (Lipinski definition) is 1. The van der Waals surface area contributed by atoms with Gasteiger partial charge in [0.25, 0.3) is 0 Å². The molecule has 0 atom stereocenters. The van der Waals surface area contributed by atoms with Crippen molar-refractivity contribution < 1.29 is 0 Å². The lowest BCUT2D eigenvalue weighted by Gasteiger charge is -2.32. The number of rotatable bonds is 3. The van der Waals surface area contributed by atoms with Crippen LogP contribution in [0, 0.1) is 0 Å². The molecule has 0 unspecified atom stereocenters. The van der Waals surface area contributed by atoms with E-state index >= 15 is 0 Å². The summed E-state index contributed by atoms with van der Waals surface area (Å²) in [5.74, 6) is 0. The van der Waals surface area contributed by atoms with Crippen molar-refractivity contribution in [3.05, 3.63) is 0 Å². The maximum Gasteiger partial charge on any atom is 0.0110 e. The van der Waals surface area contributed by atoms with E-state index in [2.05, 4.69) is 23.8 Å². The topological polar surface area (TPSA) is 41.5 Å². The van der Waals surface area contributed by atoms with E-state index in [1.807, 2.05) is 0 Å². The molecule has 0 spiro atoms. The van der Waals surface area contributed by atoms with Gasteiger partial charge in [0.15, 0.2) is 0 Å². The number of likely N-dealkylation sites (N-methyl/N-ethyl adjacent to an activating group) is 1. The Hall–Kier alpha value is -0.120. The number of nitrogens with zero attached hydrogens (tertiary/aromatic N) is 2. The summed E-state index contributed by atoms with van der Waals surface area (Å²) < 4.78 is 0. The van der Waals surface area contributed by atoms with Crippen LogP contribution in [0.5, 0.6) is 0 Å². The molecule has 0 radical (unpaired) electrons. The highest BCUT2D eigenvalue weighted by molar-refractivity contribution is 4.68. The molecule has 0 aliphatic carbocycles. The van der Waals surface area contributed by atoms with Crippen LogP contribution in [0.4, 0.5) is 0 Å². The Balaban J connectivity index is 0.00000121. The maximum absolute atomic E-state index is 2.57. The summed E-state index contributed by atoms with van der Waals surface area (Å²) >= 11 is 0. The Morgan fingerprint density at radius 3 is 2.17 bits per heavy atom. The molecule has 1 rings (SSSR count). The molecule has 3 nitrogen and oxygen atoms in total. The first-order valence-electron chi connectivity index (χ1n) is 4.74. The zero-order valence-corrected chi connectivity index (χ0v) is 8.55.